The fourth-order valence-electron chi connectivity index (χ4n) is 4.40. The first kappa shape index (κ1) is 25.0. The number of halogens is 1. The Balaban J connectivity index is 0.00000306. The normalized spacial score (nSPS) is 18.1. The molecule has 1 heterocycles. The highest BCUT2D eigenvalue weighted by molar-refractivity contribution is 5.88. The average Bonchev–Trinajstić information content (AvgIpc) is 3.60. The van der Waals surface area contributed by atoms with E-state index in [1.807, 2.05) is 49.5 Å². The third-order valence-electron chi connectivity index (χ3n) is 6.70. The summed E-state index contributed by atoms with van der Waals surface area (Å²) >= 11 is 0. The van der Waals surface area contributed by atoms with Crippen molar-refractivity contribution in [3.8, 4) is 5.75 Å². The zero-order valence-corrected chi connectivity index (χ0v) is 19.6. The molecular formula is C25H31ClN2O5. The number of benzene rings is 2. The highest BCUT2D eigenvalue weighted by Gasteiger charge is 2.51. The molecule has 0 spiro atoms. The number of carboxylic acid groups (broad SMARTS) is 1. The van der Waals surface area contributed by atoms with Crippen molar-refractivity contribution in [3.05, 3.63) is 65.7 Å². The minimum atomic E-state index is -0.953. The molecule has 1 aliphatic heterocycles. The van der Waals surface area contributed by atoms with Crippen LogP contribution in [0.5, 0.6) is 5.75 Å². The van der Waals surface area contributed by atoms with Crippen LogP contribution in [0.25, 0.3) is 0 Å². The van der Waals surface area contributed by atoms with Crippen LogP contribution in [0.4, 0.5) is 0 Å². The lowest BCUT2D eigenvalue weighted by atomic mass is 9.86. The van der Waals surface area contributed by atoms with Crippen LogP contribution in [-0.2, 0) is 15.1 Å². The Labute approximate surface area is 200 Å². The summed E-state index contributed by atoms with van der Waals surface area (Å²) in [5, 5.41) is 12.5. The third-order valence-corrected chi connectivity index (χ3v) is 6.70. The average molecular weight is 475 g/mol. The monoisotopic (exact) mass is 474 g/mol. The summed E-state index contributed by atoms with van der Waals surface area (Å²) in [5.41, 5.74) is 0.124. The maximum atomic E-state index is 13.7. The van der Waals surface area contributed by atoms with Gasteiger partial charge in [-0.1, -0.05) is 30.3 Å². The molecule has 1 aliphatic carbocycles. The SMILES string of the molecule is CN(CCOc1ccccc1)C1(C(=O)NC2(c3ccc(C(=O)O)cc3)CC2)CCOCC1.Cl. The Morgan fingerprint density at radius 1 is 1.03 bits per heavy atom. The number of carbonyl (C=O) groups excluding carboxylic acids is 1. The molecule has 0 aromatic heterocycles. The quantitative estimate of drug-likeness (QED) is 0.578. The fraction of sp³-hybridized carbons (Fsp3) is 0.440. The van der Waals surface area contributed by atoms with Gasteiger partial charge in [0.1, 0.15) is 17.9 Å². The third kappa shape index (κ3) is 5.49. The molecule has 0 atom stereocenters. The summed E-state index contributed by atoms with van der Waals surface area (Å²) in [4.78, 5) is 26.9. The van der Waals surface area contributed by atoms with Crippen LogP contribution in [0, 0.1) is 0 Å². The number of para-hydroxylation sites is 1. The van der Waals surface area contributed by atoms with Crippen molar-refractivity contribution >= 4 is 24.3 Å². The summed E-state index contributed by atoms with van der Waals surface area (Å²) in [6.07, 6.45) is 2.93. The number of hydrogen-bond donors (Lipinski definition) is 2. The first-order valence-electron chi connectivity index (χ1n) is 11.1. The van der Waals surface area contributed by atoms with Crippen LogP contribution in [0.15, 0.2) is 54.6 Å². The zero-order chi connectivity index (χ0) is 22.6. The molecule has 178 valence electrons. The molecule has 33 heavy (non-hydrogen) atoms. The molecule has 2 aliphatic rings. The predicted molar refractivity (Wildman–Crippen MR) is 127 cm³/mol. The molecule has 1 saturated carbocycles. The van der Waals surface area contributed by atoms with E-state index in [1.165, 1.54) is 0 Å². The number of rotatable bonds is 9. The van der Waals surface area contributed by atoms with Crippen molar-refractivity contribution in [3.63, 3.8) is 0 Å². The first-order valence-corrected chi connectivity index (χ1v) is 11.1. The number of likely N-dealkylation sites (N-methyl/N-ethyl adjacent to an activating group) is 1. The van der Waals surface area contributed by atoms with Crippen molar-refractivity contribution in [2.24, 2.45) is 0 Å². The Kier molecular flexibility index (Phi) is 8.00. The van der Waals surface area contributed by atoms with Gasteiger partial charge in [-0.3, -0.25) is 9.69 Å². The van der Waals surface area contributed by atoms with Crippen LogP contribution in [-0.4, -0.2) is 60.8 Å². The van der Waals surface area contributed by atoms with Gasteiger partial charge in [0.2, 0.25) is 5.91 Å². The van der Waals surface area contributed by atoms with E-state index < -0.39 is 17.0 Å². The van der Waals surface area contributed by atoms with Gasteiger partial charge in [0, 0.05) is 19.8 Å². The summed E-state index contributed by atoms with van der Waals surface area (Å²) in [5.74, 6) is -0.137. The molecule has 1 amide bonds. The molecule has 2 N–H and O–H groups in total. The van der Waals surface area contributed by atoms with Gasteiger partial charge < -0.3 is 19.9 Å². The second-order valence-electron chi connectivity index (χ2n) is 8.65. The topological polar surface area (TPSA) is 88.1 Å². The van der Waals surface area contributed by atoms with Crippen molar-refractivity contribution in [1.82, 2.24) is 10.2 Å². The molecule has 2 aromatic carbocycles. The van der Waals surface area contributed by atoms with Gasteiger partial charge in [0.15, 0.2) is 0 Å². The molecule has 2 fully saturated rings. The second-order valence-corrected chi connectivity index (χ2v) is 8.65. The molecular weight excluding hydrogens is 444 g/mol. The lowest BCUT2D eigenvalue weighted by molar-refractivity contribution is -0.140. The number of carbonyl (C=O) groups is 2. The van der Waals surface area contributed by atoms with E-state index in [2.05, 4.69) is 10.2 Å². The summed E-state index contributed by atoms with van der Waals surface area (Å²) < 4.78 is 11.4. The number of aromatic carboxylic acids is 1. The Morgan fingerprint density at radius 2 is 1.67 bits per heavy atom. The van der Waals surface area contributed by atoms with E-state index in [-0.39, 0.29) is 23.9 Å². The summed E-state index contributed by atoms with van der Waals surface area (Å²) in [7, 11) is 1.97. The molecule has 0 radical (unpaired) electrons. The molecule has 0 bridgehead atoms. The number of amides is 1. The highest BCUT2D eigenvalue weighted by Crippen LogP contribution is 2.46. The van der Waals surface area contributed by atoms with Gasteiger partial charge in [-0.25, -0.2) is 4.79 Å². The minimum Gasteiger partial charge on any atom is -0.492 e. The van der Waals surface area contributed by atoms with Gasteiger partial charge in [-0.15, -0.1) is 12.4 Å². The van der Waals surface area contributed by atoms with Crippen molar-refractivity contribution in [2.75, 3.05) is 33.4 Å². The van der Waals surface area contributed by atoms with E-state index in [9.17, 15) is 9.59 Å². The zero-order valence-electron chi connectivity index (χ0n) is 18.8. The number of nitrogens with zero attached hydrogens (tertiary/aromatic N) is 1. The standard InChI is InChI=1S/C25H30N2O5.ClH/c1-27(15-18-32-21-5-3-2-4-6-21)25(13-16-31-17-14-25)23(30)26-24(11-12-24)20-9-7-19(8-10-20)22(28)29;/h2-10H,11-18H2,1H3,(H,26,30)(H,28,29);1H. The molecule has 1 saturated heterocycles. The maximum absolute atomic E-state index is 13.7. The van der Waals surface area contributed by atoms with E-state index in [0.29, 0.717) is 39.2 Å². The van der Waals surface area contributed by atoms with Gasteiger partial charge in [-0.2, -0.15) is 0 Å². The van der Waals surface area contributed by atoms with Crippen LogP contribution >= 0.6 is 12.4 Å². The molecule has 4 rings (SSSR count). The first-order chi connectivity index (χ1) is 15.5. The van der Waals surface area contributed by atoms with Crippen LogP contribution < -0.4 is 10.1 Å². The Bertz CT molecular complexity index is 941. The summed E-state index contributed by atoms with van der Waals surface area (Å²) in [6, 6.07) is 16.5. The molecule has 8 heteroatoms. The number of nitrogens with one attached hydrogen (secondary N) is 1. The highest BCUT2D eigenvalue weighted by atomic mass is 35.5. The Morgan fingerprint density at radius 3 is 2.24 bits per heavy atom. The molecule has 0 unspecified atom stereocenters. The van der Waals surface area contributed by atoms with Crippen molar-refractivity contribution in [2.45, 2.75) is 36.8 Å². The lowest BCUT2D eigenvalue weighted by Gasteiger charge is -2.43. The minimum absolute atomic E-state index is 0. The van der Waals surface area contributed by atoms with Gasteiger partial charge in [-0.05, 0) is 62.6 Å². The number of ether oxygens (including phenoxy) is 2. The van der Waals surface area contributed by atoms with Gasteiger partial charge in [0.25, 0.3) is 0 Å². The molecule has 7 nitrogen and oxygen atoms in total. The van der Waals surface area contributed by atoms with Gasteiger partial charge in [0.05, 0.1) is 11.1 Å². The van der Waals surface area contributed by atoms with Crippen LogP contribution in [0.1, 0.15) is 41.6 Å². The largest absolute Gasteiger partial charge is 0.492 e. The molecule has 2 aromatic rings. The predicted octanol–water partition coefficient (Wildman–Crippen LogP) is 3.47. The lowest BCUT2D eigenvalue weighted by Crippen LogP contribution is -2.62. The number of carboxylic acids is 1. The van der Waals surface area contributed by atoms with Gasteiger partial charge >= 0.3 is 5.97 Å². The van der Waals surface area contributed by atoms with Crippen molar-refractivity contribution in [1.29, 1.82) is 0 Å². The summed E-state index contributed by atoms with van der Waals surface area (Å²) in [6.45, 7) is 2.18. The number of hydrogen-bond acceptors (Lipinski definition) is 5. The van der Waals surface area contributed by atoms with Crippen molar-refractivity contribution < 1.29 is 24.2 Å². The fourth-order valence-corrected chi connectivity index (χ4v) is 4.40. The van der Waals surface area contributed by atoms with Crippen LogP contribution in [0.2, 0.25) is 0 Å². The van der Waals surface area contributed by atoms with Crippen LogP contribution in [0.3, 0.4) is 0 Å². The smallest absolute Gasteiger partial charge is 0.335 e. The maximum Gasteiger partial charge on any atom is 0.335 e. The van der Waals surface area contributed by atoms with E-state index in [1.54, 1.807) is 12.1 Å². The second kappa shape index (κ2) is 10.5. The van der Waals surface area contributed by atoms with E-state index >= 15 is 0 Å². The van der Waals surface area contributed by atoms with E-state index in [0.717, 1.165) is 24.2 Å². The van der Waals surface area contributed by atoms with E-state index in [4.69, 9.17) is 14.6 Å². The Hall–Kier alpha value is -2.61.